The van der Waals surface area contributed by atoms with Crippen LogP contribution >= 0.6 is 0 Å². The zero-order valence-corrected chi connectivity index (χ0v) is 14.1. The highest BCUT2D eigenvalue weighted by molar-refractivity contribution is 5.80. The molecule has 0 amide bonds. The normalized spacial score (nSPS) is 18.0. The average Bonchev–Trinajstić information content (AvgIpc) is 3.28. The van der Waals surface area contributed by atoms with Crippen molar-refractivity contribution in [3.8, 4) is 0 Å². The fourth-order valence-corrected chi connectivity index (χ4v) is 2.87. The Balaban J connectivity index is 1.52. The van der Waals surface area contributed by atoms with Gasteiger partial charge in [0.2, 0.25) is 0 Å². The Bertz CT molecular complexity index is 626. The molecule has 0 aromatic carbocycles. The molecule has 1 fully saturated rings. The molecule has 2 aromatic rings. The fraction of sp³-hybridized carbons (Fsp3) is 0.444. The van der Waals surface area contributed by atoms with Crippen molar-refractivity contribution >= 4 is 11.8 Å². The first-order valence-corrected chi connectivity index (χ1v) is 8.58. The number of rotatable bonds is 6. The number of nitrogens with one attached hydrogen (secondary N) is 2. The van der Waals surface area contributed by atoms with Crippen LogP contribution in [0.2, 0.25) is 0 Å². The Hall–Kier alpha value is -2.50. The van der Waals surface area contributed by atoms with E-state index in [2.05, 4.69) is 38.5 Å². The zero-order valence-electron chi connectivity index (χ0n) is 14.1. The maximum atomic E-state index is 5.35. The van der Waals surface area contributed by atoms with Gasteiger partial charge in [0.15, 0.2) is 5.96 Å². The second-order valence-electron chi connectivity index (χ2n) is 5.85. The number of anilines is 1. The molecule has 2 aromatic heterocycles. The first kappa shape index (κ1) is 16.4. The number of furan rings is 1. The molecule has 128 valence electrons. The third-order valence-electron chi connectivity index (χ3n) is 4.05. The van der Waals surface area contributed by atoms with Crippen LogP contribution in [0.4, 0.5) is 5.82 Å². The van der Waals surface area contributed by atoms with Crippen LogP contribution < -0.4 is 15.5 Å². The molecule has 1 atom stereocenters. The van der Waals surface area contributed by atoms with E-state index in [4.69, 9.17) is 4.42 Å². The Morgan fingerprint density at radius 3 is 3.08 bits per heavy atom. The molecule has 1 unspecified atom stereocenters. The lowest BCUT2D eigenvalue weighted by atomic mass is 10.3. The van der Waals surface area contributed by atoms with Crippen LogP contribution in [0.3, 0.4) is 0 Å². The topological polar surface area (TPSA) is 65.7 Å². The molecule has 0 spiro atoms. The summed E-state index contributed by atoms with van der Waals surface area (Å²) < 4.78 is 5.35. The minimum atomic E-state index is 0.383. The minimum absolute atomic E-state index is 0.383. The first-order valence-electron chi connectivity index (χ1n) is 8.58. The number of pyridine rings is 1. The van der Waals surface area contributed by atoms with Gasteiger partial charge < -0.3 is 20.0 Å². The molecular weight excluding hydrogens is 302 g/mol. The summed E-state index contributed by atoms with van der Waals surface area (Å²) in [6.07, 6.45) is 5.44. The molecular formula is C18H25N5O. The SMILES string of the molecule is CCNC(=NCCc1ccco1)NC1CCN(c2ccccn2)C1. The van der Waals surface area contributed by atoms with Crippen LogP contribution in [0.1, 0.15) is 19.1 Å². The van der Waals surface area contributed by atoms with Crippen molar-refractivity contribution in [2.24, 2.45) is 4.99 Å². The molecule has 0 aliphatic carbocycles. The molecule has 1 saturated heterocycles. The van der Waals surface area contributed by atoms with Gasteiger partial charge in [0.25, 0.3) is 0 Å². The standard InChI is InChI=1S/C18H25N5O/c1-2-19-18(21-11-8-16-6-5-13-24-16)22-15-9-12-23(14-15)17-7-3-4-10-20-17/h3-7,10,13,15H,2,8-9,11-12,14H2,1H3,(H2,19,21,22). The predicted octanol–water partition coefficient (Wildman–Crippen LogP) is 2.05. The van der Waals surface area contributed by atoms with E-state index in [1.165, 1.54) is 0 Å². The molecule has 0 radical (unpaired) electrons. The number of aliphatic imine (C=N–C) groups is 1. The van der Waals surface area contributed by atoms with Gasteiger partial charge in [-0.15, -0.1) is 0 Å². The highest BCUT2D eigenvalue weighted by Crippen LogP contribution is 2.17. The number of hydrogen-bond acceptors (Lipinski definition) is 4. The molecule has 2 N–H and O–H groups in total. The summed E-state index contributed by atoms with van der Waals surface area (Å²) in [7, 11) is 0. The van der Waals surface area contributed by atoms with E-state index in [1.807, 2.05) is 30.5 Å². The van der Waals surface area contributed by atoms with E-state index < -0.39 is 0 Å². The molecule has 0 bridgehead atoms. The van der Waals surface area contributed by atoms with Crippen molar-refractivity contribution in [3.05, 3.63) is 48.6 Å². The molecule has 1 aliphatic heterocycles. The van der Waals surface area contributed by atoms with Crippen LogP contribution in [-0.4, -0.2) is 43.2 Å². The van der Waals surface area contributed by atoms with Crippen molar-refractivity contribution < 1.29 is 4.42 Å². The lowest BCUT2D eigenvalue weighted by Crippen LogP contribution is -2.44. The Morgan fingerprint density at radius 2 is 2.33 bits per heavy atom. The van der Waals surface area contributed by atoms with E-state index in [1.54, 1.807) is 6.26 Å². The highest BCUT2D eigenvalue weighted by Gasteiger charge is 2.23. The summed E-state index contributed by atoms with van der Waals surface area (Å²) in [4.78, 5) is 11.4. The average molecular weight is 327 g/mol. The molecule has 3 rings (SSSR count). The van der Waals surface area contributed by atoms with Gasteiger partial charge in [0, 0.05) is 44.8 Å². The summed E-state index contributed by atoms with van der Waals surface area (Å²) in [6.45, 7) is 5.60. The van der Waals surface area contributed by atoms with Crippen LogP contribution in [0.25, 0.3) is 0 Å². The van der Waals surface area contributed by atoms with Gasteiger partial charge in [0.05, 0.1) is 6.26 Å². The summed E-state index contributed by atoms with van der Waals surface area (Å²) >= 11 is 0. The van der Waals surface area contributed by atoms with Crippen molar-refractivity contribution in [2.45, 2.75) is 25.8 Å². The first-order chi connectivity index (χ1) is 11.8. The third kappa shape index (κ3) is 4.50. The number of guanidine groups is 1. The van der Waals surface area contributed by atoms with Gasteiger partial charge in [0.1, 0.15) is 11.6 Å². The van der Waals surface area contributed by atoms with Crippen LogP contribution in [0.5, 0.6) is 0 Å². The maximum absolute atomic E-state index is 5.35. The fourth-order valence-electron chi connectivity index (χ4n) is 2.87. The van der Waals surface area contributed by atoms with Gasteiger partial charge in [-0.3, -0.25) is 4.99 Å². The predicted molar refractivity (Wildman–Crippen MR) is 96.4 cm³/mol. The Morgan fingerprint density at radius 1 is 1.38 bits per heavy atom. The van der Waals surface area contributed by atoms with Crippen molar-refractivity contribution in [1.29, 1.82) is 0 Å². The van der Waals surface area contributed by atoms with Gasteiger partial charge in [-0.2, -0.15) is 0 Å². The van der Waals surface area contributed by atoms with E-state index in [9.17, 15) is 0 Å². The molecule has 6 nitrogen and oxygen atoms in total. The lowest BCUT2D eigenvalue weighted by molar-refractivity contribution is 0.510. The number of nitrogens with zero attached hydrogens (tertiary/aromatic N) is 3. The number of hydrogen-bond donors (Lipinski definition) is 2. The van der Waals surface area contributed by atoms with E-state index in [-0.39, 0.29) is 0 Å². The van der Waals surface area contributed by atoms with E-state index >= 15 is 0 Å². The van der Waals surface area contributed by atoms with Gasteiger partial charge in [-0.25, -0.2) is 4.98 Å². The summed E-state index contributed by atoms with van der Waals surface area (Å²) in [6, 6.07) is 10.3. The van der Waals surface area contributed by atoms with E-state index in [0.717, 1.165) is 50.0 Å². The summed E-state index contributed by atoms with van der Waals surface area (Å²) in [5, 5.41) is 6.85. The molecule has 0 saturated carbocycles. The zero-order chi connectivity index (χ0) is 16.6. The second-order valence-corrected chi connectivity index (χ2v) is 5.85. The monoisotopic (exact) mass is 327 g/mol. The Kier molecular flexibility index (Phi) is 5.71. The largest absolute Gasteiger partial charge is 0.469 e. The lowest BCUT2D eigenvalue weighted by Gasteiger charge is -2.19. The van der Waals surface area contributed by atoms with Crippen LogP contribution in [-0.2, 0) is 6.42 Å². The molecule has 24 heavy (non-hydrogen) atoms. The summed E-state index contributed by atoms with van der Waals surface area (Å²) in [5.74, 6) is 2.88. The summed E-state index contributed by atoms with van der Waals surface area (Å²) in [5.41, 5.74) is 0. The van der Waals surface area contributed by atoms with Gasteiger partial charge >= 0.3 is 0 Å². The quantitative estimate of drug-likeness (QED) is 0.628. The molecule has 3 heterocycles. The minimum Gasteiger partial charge on any atom is -0.469 e. The van der Waals surface area contributed by atoms with Crippen molar-refractivity contribution in [3.63, 3.8) is 0 Å². The van der Waals surface area contributed by atoms with Crippen LogP contribution in [0, 0.1) is 0 Å². The number of aromatic nitrogens is 1. The smallest absolute Gasteiger partial charge is 0.191 e. The third-order valence-corrected chi connectivity index (χ3v) is 4.05. The molecule has 6 heteroatoms. The Labute approximate surface area is 143 Å². The van der Waals surface area contributed by atoms with Crippen molar-refractivity contribution in [2.75, 3.05) is 31.1 Å². The van der Waals surface area contributed by atoms with Gasteiger partial charge in [-0.1, -0.05) is 6.07 Å². The second kappa shape index (κ2) is 8.38. The maximum Gasteiger partial charge on any atom is 0.191 e. The molecule has 1 aliphatic rings. The van der Waals surface area contributed by atoms with Gasteiger partial charge in [-0.05, 0) is 37.6 Å². The van der Waals surface area contributed by atoms with Crippen LogP contribution in [0.15, 0.2) is 52.2 Å². The van der Waals surface area contributed by atoms with Crippen molar-refractivity contribution in [1.82, 2.24) is 15.6 Å². The van der Waals surface area contributed by atoms with E-state index in [0.29, 0.717) is 12.6 Å². The highest BCUT2D eigenvalue weighted by atomic mass is 16.3.